The SMILES string of the molecule is CCOc1ccc(S(=O)(=O)N2CCC(C(=O)N(C)c3ccc(Br)cc3C)CC2)cc1. The standard InChI is InChI=1S/C22H27BrN2O4S/c1-4-29-19-6-8-20(9-7-19)30(27,28)25-13-11-17(12-14-25)22(26)24(3)21-10-5-18(23)15-16(21)2/h5-10,15,17H,4,11-14H2,1-3H3. The molecule has 0 N–H and O–H groups in total. The number of ether oxygens (including phenoxy) is 1. The molecule has 2 aromatic rings. The lowest BCUT2D eigenvalue weighted by Crippen LogP contribution is -2.43. The van der Waals surface area contributed by atoms with Gasteiger partial charge < -0.3 is 9.64 Å². The molecule has 1 aliphatic heterocycles. The molecule has 2 aromatic carbocycles. The number of hydrogen-bond acceptors (Lipinski definition) is 4. The van der Waals surface area contributed by atoms with Crippen LogP contribution in [0.2, 0.25) is 0 Å². The quantitative estimate of drug-likeness (QED) is 0.602. The van der Waals surface area contributed by atoms with E-state index in [2.05, 4.69) is 15.9 Å². The van der Waals surface area contributed by atoms with Gasteiger partial charge in [-0.3, -0.25) is 4.79 Å². The number of aryl methyl sites for hydroxylation is 1. The predicted molar refractivity (Wildman–Crippen MR) is 121 cm³/mol. The summed E-state index contributed by atoms with van der Waals surface area (Å²) in [4.78, 5) is 14.9. The van der Waals surface area contributed by atoms with Gasteiger partial charge in [0.05, 0.1) is 11.5 Å². The van der Waals surface area contributed by atoms with Crippen LogP contribution in [0.4, 0.5) is 5.69 Å². The largest absolute Gasteiger partial charge is 0.494 e. The fourth-order valence-electron chi connectivity index (χ4n) is 3.75. The number of piperidine rings is 1. The minimum absolute atomic E-state index is 0.0264. The van der Waals surface area contributed by atoms with E-state index in [0.717, 1.165) is 15.7 Å². The Morgan fingerprint density at radius 3 is 2.37 bits per heavy atom. The third-order valence-corrected chi connectivity index (χ3v) is 7.83. The van der Waals surface area contributed by atoms with Gasteiger partial charge in [-0.15, -0.1) is 0 Å². The van der Waals surface area contributed by atoms with Gasteiger partial charge in [-0.25, -0.2) is 8.42 Å². The molecule has 30 heavy (non-hydrogen) atoms. The van der Waals surface area contributed by atoms with Crippen molar-refractivity contribution in [3.05, 3.63) is 52.5 Å². The summed E-state index contributed by atoms with van der Waals surface area (Å²) in [5, 5.41) is 0. The molecule has 1 saturated heterocycles. The van der Waals surface area contributed by atoms with E-state index >= 15 is 0 Å². The molecule has 1 heterocycles. The van der Waals surface area contributed by atoms with Crippen LogP contribution < -0.4 is 9.64 Å². The average Bonchev–Trinajstić information content (AvgIpc) is 2.73. The Morgan fingerprint density at radius 1 is 1.17 bits per heavy atom. The minimum atomic E-state index is -3.58. The highest BCUT2D eigenvalue weighted by atomic mass is 79.9. The first kappa shape index (κ1) is 22.8. The van der Waals surface area contributed by atoms with Gasteiger partial charge in [0.2, 0.25) is 15.9 Å². The maximum Gasteiger partial charge on any atom is 0.243 e. The molecule has 1 amide bonds. The number of halogens is 1. The van der Waals surface area contributed by atoms with E-state index in [4.69, 9.17) is 4.74 Å². The highest BCUT2D eigenvalue weighted by Crippen LogP contribution is 2.29. The first-order valence-corrected chi connectivity index (χ1v) is 12.2. The smallest absolute Gasteiger partial charge is 0.243 e. The van der Waals surface area contributed by atoms with E-state index in [1.807, 2.05) is 32.0 Å². The van der Waals surface area contributed by atoms with Crippen molar-refractivity contribution in [1.29, 1.82) is 0 Å². The highest BCUT2D eigenvalue weighted by Gasteiger charge is 2.33. The number of nitrogens with zero attached hydrogens (tertiary/aromatic N) is 2. The van der Waals surface area contributed by atoms with Crippen molar-refractivity contribution in [1.82, 2.24) is 4.31 Å². The predicted octanol–water partition coefficient (Wildman–Crippen LogP) is 4.22. The van der Waals surface area contributed by atoms with Crippen LogP contribution >= 0.6 is 15.9 Å². The molecule has 6 nitrogen and oxygen atoms in total. The van der Waals surface area contributed by atoms with E-state index in [1.54, 1.807) is 36.2 Å². The number of benzene rings is 2. The van der Waals surface area contributed by atoms with Gasteiger partial charge in [0.1, 0.15) is 5.75 Å². The Balaban J connectivity index is 1.65. The van der Waals surface area contributed by atoms with Crippen LogP contribution in [0, 0.1) is 12.8 Å². The van der Waals surface area contributed by atoms with E-state index < -0.39 is 10.0 Å². The fraction of sp³-hybridized carbons (Fsp3) is 0.409. The number of amides is 1. The third-order valence-electron chi connectivity index (χ3n) is 5.43. The number of carbonyl (C=O) groups excluding carboxylic acids is 1. The third kappa shape index (κ3) is 4.87. The Hall–Kier alpha value is -1.90. The van der Waals surface area contributed by atoms with Crippen molar-refractivity contribution in [3.8, 4) is 5.75 Å². The topological polar surface area (TPSA) is 66.9 Å². The van der Waals surface area contributed by atoms with Crippen molar-refractivity contribution < 1.29 is 17.9 Å². The fourth-order valence-corrected chi connectivity index (χ4v) is 5.70. The summed E-state index contributed by atoms with van der Waals surface area (Å²) in [7, 11) is -1.80. The number of carbonyl (C=O) groups is 1. The van der Waals surface area contributed by atoms with Gasteiger partial charge >= 0.3 is 0 Å². The minimum Gasteiger partial charge on any atom is -0.494 e. The van der Waals surface area contributed by atoms with Crippen molar-refractivity contribution in [2.45, 2.75) is 31.6 Å². The molecule has 0 aliphatic carbocycles. The zero-order valence-electron chi connectivity index (χ0n) is 17.5. The van der Waals surface area contributed by atoms with Crippen molar-refractivity contribution >= 4 is 37.5 Å². The molecule has 1 aliphatic rings. The molecule has 8 heteroatoms. The average molecular weight is 495 g/mol. The molecule has 162 valence electrons. The lowest BCUT2D eigenvalue weighted by atomic mass is 9.96. The zero-order valence-corrected chi connectivity index (χ0v) is 19.9. The van der Waals surface area contributed by atoms with Crippen LogP contribution in [0.25, 0.3) is 0 Å². The van der Waals surface area contributed by atoms with Crippen LogP contribution in [0.15, 0.2) is 51.8 Å². The van der Waals surface area contributed by atoms with Crippen LogP contribution in [0.1, 0.15) is 25.3 Å². The van der Waals surface area contributed by atoms with Gasteiger partial charge in [-0.05, 0) is 74.7 Å². The van der Waals surface area contributed by atoms with Crippen molar-refractivity contribution in [3.63, 3.8) is 0 Å². The van der Waals surface area contributed by atoms with E-state index in [-0.39, 0.29) is 16.7 Å². The molecule has 0 unspecified atom stereocenters. The summed E-state index contributed by atoms with van der Waals surface area (Å²) in [5.41, 5.74) is 1.88. The molecule has 0 bridgehead atoms. The molecule has 0 aromatic heterocycles. The van der Waals surface area contributed by atoms with Gasteiger partial charge in [0.25, 0.3) is 0 Å². The Morgan fingerprint density at radius 2 is 1.80 bits per heavy atom. The maximum absolute atomic E-state index is 13.0. The molecular formula is C22H27BrN2O4S. The monoisotopic (exact) mass is 494 g/mol. The molecule has 3 rings (SSSR count). The normalized spacial score (nSPS) is 15.7. The first-order valence-electron chi connectivity index (χ1n) is 10.0. The van der Waals surface area contributed by atoms with Crippen LogP contribution in [-0.4, -0.2) is 45.4 Å². The van der Waals surface area contributed by atoms with E-state index in [0.29, 0.717) is 38.3 Å². The van der Waals surface area contributed by atoms with Crippen LogP contribution in [0.5, 0.6) is 5.75 Å². The van der Waals surface area contributed by atoms with Gasteiger partial charge in [0.15, 0.2) is 0 Å². The number of hydrogen-bond donors (Lipinski definition) is 0. The summed E-state index contributed by atoms with van der Waals surface area (Å²) in [5.74, 6) is 0.482. The zero-order chi connectivity index (χ0) is 21.9. The molecule has 0 radical (unpaired) electrons. The van der Waals surface area contributed by atoms with Gasteiger partial charge in [-0.1, -0.05) is 15.9 Å². The second-order valence-electron chi connectivity index (χ2n) is 7.41. The number of sulfonamides is 1. The first-order chi connectivity index (χ1) is 14.2. The van der Waals surface area contributed by atoms with E-state index in [9.17, 15) is 13.2 Å². The lowest BCUT2D eigenvalue weighted by Gasteiger charge is -2.33. The number of anilines is 1. The van der Waals surface area contributed by atoms with Crippen LogP contribution in [-0.2, 0) is 14.8 Å². The van der Waals surface area contributed by atoms with Gasteiger partial charge in [0, 0.05) is 36.2 Å². The number of rotatable bonds is 6. The Labute approximate surface area is 187 Å². The van der Waals surface area contributed by atoms with Crippen LogP contribution in [0.3, 0.4) is 0 Å². The Kier molecular flexibility index (Phi) is 7.21. The Bertz CT molecular complexity index is 1000. The summed E-state index contributed by atoms with van der Waals surface area (Å²) in [6, 6.07) is 12.3. The van der Waals surface area contributed by atoms with Crippen molar-refractivity contribution in [2.24, 2.45) is 5.92 Å². The summed E-state index contributed by atoms with van der Waals surface area (Å²) in [6.07, 6.45) is 1.02. The summed E-state index contributed by atoms with van der Waals surface area (Å²) in [6.45, 7) is 5.04. The second-order valence-corrected chi connectivity index (χ2v) is 10.3. The summed E-state index contributed by atoms with van der Waals surface area (Å²) < 4.78 is 33.7. The lowest BCUT2D eigenvalue weighted by molar-refractivity contribution is -0.123. The molecular weight excluding hydrogens is 468 g/mol. The van der Waals surface area contributed by atoms with E-state index in [1.165, 1.54) is 4.31 Å². The molecule has 1 fully saturated rings. The van der Waals surface area contributed by atoms with Crippen molar-refractivity contribution in [2.75, 3.05) is 31.6 Å². The molecule has 0 saturated carbocycles. The summed E-state index contributed by atoms with van der Waals surface area (Å²) >= 11 is 3.44. The molecule has 0 atom stereocenters. The highest BCUT2D eigenvalue weighted by molar-refractivity contribution is 9.10. The maximum atomic E-state index is 13.0. The second kappa shape index (κ2) is 9.49. The van der Waals surface area contributed by atoms with Gasteiger partial charge in [-0.2, -0.15) is 4.31 Å². The molecule has 0 spiro atoms.